The summed E-state index contributed by atoms with van der Waals surface area (Å²) in [6.07, 6.45) is 0.905. The van der Waals surface area contributed by atoms with Gasteiger partial charge in [-0.15, -0.1) is 22.7 Å². The van der Waals surface area contributed by atoms with Gasteiger partial charge in [-0.2, -0.15) is 0 Å². The van der Waals surface area contributed by atoms with E-state index < -0.39 is 0 Å². The van der Waals surface area contributed by atoms with Gasteiger partial charge >= 0.3 is 0 Å². The Morgan fingerprint density at radius 3 is 2.53 bits per heavy atom. The lowest BCUT2D eigenvalue weighted by molar-refractivity contribution is 1.14. The summed E-state index contributed by atoms with van der Waals surface area (Å²) in [7, 11) is 0. The van der Waals surface area contributed by atoms with Crippen LogP contribution in [0.2, 0.25) is 0 Å². The molecule has 96 valence electrons. The summed E-state index contributed by atoms with van der Waals surface area (Å²) < 4.78 is 0. The molecule has 0 aliphatic rings. The lowest BCUT2D eigenvalue weighted by Gasteiger charge is -1.96. The Morgan fingerprint density at radius 1 is 1.05 bits per heavy atom. The number of benzene rings is 1. The summed E-state index contributed by atoms with van der Waals surface area (Å²) in [4.78, 5) is 10.4. The number of hydrogen-bond donors (Lipinski definition) is 0. The predicted octanol–water partition coefficient (Wildman–Crippen LogP) is 4.47. The number of rotatable bonds is 3. The molecule has 2 aromatic heterocycles. The van der Waals surface area contributed by atoms with Crippen molar-refractivity contribution in [1.82, 2.24) is 9.97 Å². The number of aromatic nitrogens is 2. The van der Waals surface area contributed by atoms with E-state index in [0.717, 1.165) is 27.8 Å². The molecule has 1 aromatic carbocycles. The summed E-state index contributed by atoms with van der Waals surface area (Å²) >= 11 is 3.45. The van der Waals surface area contributed by atoms with E-state index in [0.29, 0.717) is 0 Å². The van der Waals surface area contributed by atoms with Crippen molar-refractivity contribution in [3.63, 3.8) is 0 Å². The SMILES string of the molecule is Cc1nc(C)c(-c2csc(Cc3ccccc3)n2)s1. The van der Waals surface area contributed by atoms with Crippen LogP contribution in [-0.2, 0) is 6.42 Å². The maximum atomic E-state index is 4.74. The van der Waals surface area contributed by atoms with Gasteiger partial charge in [0.2, 0.25) is 0 Å². The van der Waals surface area contributed by atoms with Crippen LogP contribution in [0.25, 0.3) is 10.6 Å². The van der Waals surface area contributed by atoms with Gasteiger partial charge in [-0.25, -0.2) is 9.97 Å². The molecule has 0 spiro atoms. The zero-order chi connectivity index (χ0) is 13.2. The van der Waals surface area contributed by atoms with Gasteiger partial charge in [-0.05, 0) is 19.4 Å². The Hall–Kier alpha value is -1.52. The molecule has 0 N–H and O–H groups in total. The minimum Gasteiger partial charge on any atom is -0.246 e. The average molecular weight is 286 g/mol. The van der Waals surface area contributed by atoms with Crippen molar-refractivity contribution in [2.24, 2.45) is 0 Å². The molecule has 0 saturated heterocycles. The first-order chi connectivity index (χ1) is 9.22. The highest BCUT2D eigenvalue weighted by atomic mass is 32.1. The van der Waals surface area contributed by atoms with Crippen LogP contribution in [0, 0.1) is 13.8 Å². The van der Waals surface area contributed by atoms with E-state index in [1.54, 1.807) is 22.7 Å². The van der Waals surface area contributed by atoms with Gasteiger partial charge in [0, 0.05) is 11.8 Å². The fourth-order valence-corrected chi connectivity index (χ4v) is 3.81. The zero-order valence-electron chi connectivity index (χ0n) is 10.9. The van der Waals surface area contributed by atoms with Gasteiger partial charge in [0.15, 0.2) is 0 Å². The smallest absolute Gasteiger partial charge is 0.0976 e. The number of aryl methyl sites for hydroxylation is 2. The molecule has 19 heavy (non-hydrogen) atoms. The summed E-state index contributed by atoms with van der Waals surface area (Å²) in [6.45, 7) is 4.09. The monoisotopic (exact) mass is 286 g/mol. The van der Waals surface area contributed by atoms with Crippen LogP contribution in [0.15, 0.2) is 35.7 Å². The molecule has 0 saturated carbocycles. The predicted molar refractivity (Wildman–Crippen MR) is 81.9 cm³/mol. The Morgan fingerprint density at radius 2 is 1.84 bits per heavy atom. The van der Waals surface area contributed by atoms with E-state index in [-0.39, 0.29) is 0 Å². The molecule has 2 heterocycles. The molecular weight excluding hydrogens is 272 g/mol. The maximum absolute atomic E-state index is 4.74. The first kappa shape index (κ1) is 12.5. The fraction of sp³-hybridized carbons (Fsp3) is 0.200. The van der Waals surface area contributed by atoms with Crippen molar-refractivity contribution < 1.29 is 0 Å². The normalized spacial score (nSPS) is 10.8. The van der Waals surface area contributed by atoms with Gasteiger partial charge in [0.05, 0.1) is 26.3 Å². The lowest BCUT2D eigenvalue weighted by Crippen LogP contribution is -1.86. The molecule has 0 bridgehead atoms. The Bertz CT molecular complexity index is 683. The molecule has 0 aliphatic heterocycles. The number of nitrogens with zero attached hydrogens (tertiary/aromatic N) is 2. The highest BCUT2D eigenvalue weighted by Crippen LogP contribution is 2.31. The van der Waals surface area contributed by atoms with E-state index in [1.807, 2.05) is 13.0 Å². The van der Waals surface area contributed by atoms with E-state index in [4.69, 9.17) is 4.98 Å². The molecule has 0 atom stereocenters. The van der Waals surface area contributed by atoms with E-state index in [9.17, 15) is 0 Å². The Balaban J connectivity index is 1.86. The maximum Gasteiger partial charge on any atom is 0.0976 e. The highest BCUT2D eigenvalue weighted by Gasteiger charge is 2.11. The van der Waals surface area contributed by atoms with E-state index >= 15 is 0 Å². The van der Waals surface area contributed by atoms with Crippen LogP contribution >= 0.6 is 22.7 Å². The fourth-order valence-electron chi connectivity index (χ4n) is 2.04. The molecule has 3 rings (SSSR count). The van der Waals surface area contributed by atoms with Crippen molar-refractivity contribution in [2.45, 2.75) is 20.3 Å². The number of hydrogen-bond acceptors (Lipinski definition) is 4. The Kier molecular flexibility index (Phi) is 3.44. The van der Waals surface area contributed by atoms with Crippen LogP contribution in [0.3, 0.4) is 0 Å². The first-order valence-electron chi connectivity index (χ1n) is 6.15. The topological polar surface area (TPSA) is 25.8 Å². The third kappa shape index (κ3) is 2.74. The van der Waals surface area contributed by atoms with Crippen molar-refractivity contribution >= 4 is 22.7 Å². The molecule has 4 heteroatoms. The summed E-state index contributed by atoms with van der Waals surface area (Å²) in [5, 5.41) is 4.40. The third-order valence-electron chi connectivity index (χ3n) is 2.89. The quantitative estimate of drug-likeness (QED) is 0.709. The zero-order valence-corrected chi connectivity index (χ0v) is 12.5. The second-order valence-corrected chi connectivity index (χ2v) is 6.58. The van der Waals surface area contributed by atoms with E-state index in [2.05, 4.69) is 41.6 Å². The molecular formula is C15H14N2S2. The van der Waals surface area contributed by atoms with Crippen LogP contribution in [0.1, 0.15) is 21.3 Å². The van der Waals surface area contributed by atoms with Gasteiger partial charge in [0.1, 0.15) is 0 Å². The van der Waals surface area contributed by atoms with Gasteiger partial charge in [0.25, 0.3) is 0 Å². The lowest BCUT2D eigenvalue weighted by atomic mass is 10.2. The first-order valence-corrected chi connectivity index (χ1v) is 7.85. The molecule has 0 fully saturated rings. The van der Waals surface area contributed by atoms with Crippen molar-refractivity contribution in [2.75, 3.05) is 0 Å². The molecule has 0 radical (unpaired) electrons. The number of thiazole rings is 2. The Labute approximate surface area is 120 Å². The van der Waals surface area contributed by atoms with E-state index in [1.165, 1.54) is 10.4 Å². The molecule has 0 aliphatic carbocycles. The third-order valence-corrected chi connectivity index (χ3v) is 4.83. The highest BCUT2D eigenvalue weighted by molar-refractivity contribution is 7.15. The van der Waals surface area contributed by atoms with Gasteiger partial charge in [-0.1, -0.05) is 30.3 Å². The molecule has 0 amide bonds. The summed E-state index contributed by atoms with van der Waals surface area (Å²) in [6, 6.07) is 10.5. The second-order valence-electron chi connectivity index (χ2n) is 4.44. The largest absolute Gasteiger partial charge is 0.246 e. The van der Waals surface area contributed by atoms with Crippen LogP contribution in [0.5, 0.6) is 0 Å². The summed E-state index contributed by atoms with van der Waals surface area (Å²) in [5.41, 5.74) is 3.46. The van der Waals surface area contributed by atoms with Crippen molar-refractivity contribution in [1.29, 1.82) is 0 Å². The molecule has 3 aromatic rings. The van der Waals surface area contributed by atoms with Crippen molar-refractivity contribution in [3.8, 4) is 10.6 Å². The minimum absolute atomic E-state index is 0.905. The summed E-state index contributed by atoms with van der Waals surface area (Å²) in [5.74, 6) is 0. The standard InChI is InChI=1S/C15H14N2S2/c1-10-15(19-11(2)16-10)13-9-18-14(17-13)8-12-6-4-3-5-7-12/h3-7,9H,8H2,1-2H3. The molecule has 0 unspecified atom stereocenters. The van der Waals surface area contributed by atoms with Gasteiger partial charge < -0.3 is 0 Å². The second kappa shape index (κ2) is 5.23. The average Bonchev–Trinajstić information content (AvgIpc) is 2.97. The molecule has 2 nitrogen and oxygen atoms in total. The van der Waals surface area contributed by atoms with Crippen LogP contribution in [0.4, 0.5) is 0 Å². The van der Waals surface area contributed by atoms with Crippen LogP contribution in [-0.4, -0.2) is 9.97 Å². The van der Waals surface area contributed by atoms with Crippen molar-refractivity contribution in [3.05, 3.63) is 57.0 Å². The van der Waals surface area contributed by atoms with Gasteiger partial charge in [-0.3, -0.25) is 0 Å². The van der Waals surface area contributed by atoms with Crippen LogP contribution < -0.4 is 0 Å². The minimum atomic E-state index is 0.905.